The molecule has 0 amide bonds. The number of nitrogens with zero attached hydrogens (tertiary/aromatic N) is 4. The van der Waals surface area contributed by atoms with Crippen molar-refractivity contribution < 1.29 is 14.6 Å². The van der Waals surface area contributed by atoms with Crippen LogP contribution in [0.1, 0.15) is 6.92 Å². The summed E-state index contributed by atoms with van der Waals surface area (Å²) in [4.78, 5) is 15.4. The van der Waals surface area contributed by atoms with Crippen molar-refractivity contribution in [3.05, 3.63) is 16.4 Å². The Bertz CT molecular complexity index is 360. The zero-order valence-corrected chi connectivity index (χ0v) is 9.17. The third-order valence-corrected chi connectivity index (χ3v) is 1.68. The Morgan fingerprint density at radius 3 is 2.69 bits per heavy atom. The van der Waals surface area contributed by atoms with Gasteiger partial charge in [-0.15, -0.1) is 0 Å². The minimum Gasteiger partial charge on any atom is -0.505 e. The minimum atomic E-state index is -0.909. The number of allylic oxidation sites excluding steroid dienone is 1. The number of aliphatic hydroxyl groups excluding tert-OH is 1. The quantitative estimate of drug-likeness (QED) is 0.242. The summed E-state index contributed by atoms with van der Waals surface area (Å²) in [6.45, 7) is 1.85. The average molecular weight is 225 g/mol. The Balaban J connectivity index is 4.07. The fourth-order valence-corrected chi connectivity index (χ4v) is 0.823. The van der Waals surface area contributed by atoms with E-state index in [1.165, 1.54) is 6.92 Å². The van der Waals surface area contributed by atoms with Gasteiger partial charge in [0, 0.05) is 13.5 Å². The minimum absolute atomic E-state index is 0.0450. The smallest absolute Gasteiger partial charge is 0.504 e. The summed E-state index contributed by atoms with van der Waals surface area (Å²) in [5, 5.41) is 25.7. The van der Waals surface area contributed by atoms with Crippen LogP contribution in [0.5, 0.6) is 0 Å². The van der Waals surface area contributed by atoms with Gasteiger partial charge in [-0.2, -0.15) is 5.26 Å². The molecule has 7 heteroatoms. The summed E-state index contributed by atoms with van der Waals surface area (Å²) in [6.07, 6.45) is 0. The fourth-order valence-electron chi connectivity index (χ4n) is 0.823. The molecular weight excluding hydrogens is 212 g/mol. The molecule has 0 aliphatic heterocycles. The Labute approximate surface area is 93.2 Å². The third kappa shape index (κ3) is 4.94. The molecule has 0 atom stereocenters. The van der Waals surface area contributed by atoms with Crippen LogP contribution in [0.15, 0.2) is 11.5 Å². The van der Waals surface area contributed by atoms with E-state index < -0.39 is 17.4 Å². The maximum atomic E-state index is 11.2. The van der Waals surface area contributed by atoms with Crippen molar-refractivity contribution >= 4 is 5.97 Å². The van der Waals surface area contributed by atoms with E-state index in [1.54, 1.807) is 11.9 Å². The van der Waals surface area contributed by atoms with E-state index in [1.807, 2.05) is 6.07 Å². The molecular formula is C9H13N4O3+. The lowest BCUT2D eigenvalue weighted by molar-refractivity contribution is -0.139. The van der Waals surface area contributed by atoms with E-state index in [0.29, 0.717) is 6.54 Å². The number of nitriles is 1. The largest absolute Gasteiger partial charge is 0.505 e. The molecule has 0 saturated heterocycles. The Hall–Kier alpha value is -2.12. The van der Waals surface area contributed by atoms with Crippen LogP contribution in [0.25, 0.3) is 4.98 Å². The van der Waals surface area contributed by atoms with Crippen molar-refractivity contribution in [2.75, 3.05) is 26.7 Å². The molecule has 0 fully saturated rings. The standard InChI is InChI=1S/C9H12N4O3/c1-7(14)8(12-11)9(15)16-6-5-13(2)4-3-10/h4-6H2,1-2H3/p+1. The van der Waals surface area contributed by atoms with Crippen LogP contribution < -0.4 is 0 Å². The molecule has 0 aliphatic rings. The summed E-state index contributed by atoms with van der Waals surface area (Å²) in [7, 11) is 1.70. The molecule has 1 N–H and O–H groups in total. The van der Waals surface area contributed by atoms with Gasteiger partial charge in [0.15, 0.2) is 10.7 Å². The maximum Gasteiger partial charge on any atom is 0.504 e. The van der Waals surface area contributed by atoms with Gasteiger partial charge in [0.1, 0.15) is 6.61 Å². The van der Waals surface area contributed by atoms with E-state index in [2.05, 4.69) is 4.98 Å². The molecule has 0 radical (unpaired) electrons. The van der Waals surface area contributed by atoms with Crippen LogP contribution in [-0.2, 0) is 9.53 Å². The van der Waals surface area contributed by atoms with Gasteiger partial charge in [0.25, 0.3) is 0 Å². The van der Waals surface area contributed by atoms with Crippen molar-refractivity contribution in [2.24, 2.45) is 0 Å². The van der Waals surface area contributed by atoms with E-state index in [9.17, 15) is 4.79 Å². The second-order valence-electron chi connectivity index (χ2n) is 3.07. The van der Waals surface area contributed by atoms with Gasteiger partial charge >= 0.3 is 11.7 Å². The first-order chi connectivity index (χ1) is 7.52. The number of ether oxygens (including phenoxy) is 1. The van der Waals surface area contributed by atoms with Gasteiger partial charge in [-0.1, -0.05) is 0 Å². The van der Waals surface area contributed by atoms with Crippen molar-refractivity contribution in [2.45, 2.75) is 6.92 Å². The number of diazo groups is 1. The summed E-state index contributed by atoms with van der Waals surface area (Å²) in [6, 6.07) is 1.94. The average Bonchev–Trinajstić information content (AvgIpc) is 2.18. The van der Waals surface area contributed by atoms with E-state index in [4.69, 9.17) is 20.5 Å². The van der Waals surface area contributed by atoms with Gasteiger partial charge in [-0.05, 0) is 7.05 Å². The molecule has 0 aromatic heterocycles. The van der Waals surface area contributed by atoms with Gasteiger partial charge in [0.05, 0.1) is 12.6 Å². The summed E-state index contributed by atoms with van der Waals surface area (Å²) < 4.78 is 4.71. The first kappa shape index (κ1) is 13.9. The first-order valence-electron chi connectivity index (χ1n) is 4.50. The molecule has 0 aromatic carbocycles. The van der Waals surface area contributed by atoms with Gasteiger partial charge in [0.2, 0.25) is 5.39 Å². The van der Waals surface area contributed by atoms with Crippen LogP contribution in [0, 0.1) is 16.7 Å². The number of carbonyl (C=O) groups excluding carboxylic acids is 1. The van der Waals surface area contributed by atoms with Crippen molar-refractivity contribution in [1.82, 2.24) is 4.90 Å². The van der Waals surface area contributed by atoms with Gasteiger partial charge in [-0.25, -0.2) is 4.79 Å². The van der Waals surface area contributed by atoms with E-state index >= 15 is 0 Å². The number of aliphatic hydroxyl groups is 1. The van der Waals surface area contributed by atoms with Crippen molar-refractivity contribution in [1.29, 1.82) is 10.7 Å². The first-order valence-corrected chi connectivity index (χ1v) is 4.50. The molecule has 0 spiro atoms. The predicted octanol–water partition coefficient (Wildman–Crippen LogP) is 0.628. The highest BCUT2D eigenvalue weighted by atomic mass is 16.5. The highest BCUT2D eigenvalue weighted by Gasteiger charge is 2.28. The molecule has 86 valence electrons. The van der Waals surface area contributed by atoms with Crippen molar-refractivity contribution in [3.63, 3.8) is 0 Å². The Morgan fingerprint density at radius 2 is 2.25 bits per heavy atom. The number of carbonyl (C=O) groups is 1. The zero-order valence-electron chi connectivity index (χ0n) is 9.17. The molecule has 0 heterocycles. The predicted molar refractivity (Wildman–Crippen MR) is 54.5 cm³/mol. The summed E-state index contributed by atoms with van der Waals surface area (Å²) in [5.74, 6) is -1.33. The van der Waals surface area contributed by atoms with E-state index in [-0.39, 0.29) is 13.2 Å². The molecule has 0 aliphatic carbocycles. The second-order valence-corrected chi connectivity index (χ2v) is 3.07. The molecule has 0 rings (SSSR count). The second kappa shape index (κ2) is 7.21. The van der Waals surface area contributed by atoms with Crippen molar-refractivity contribution in [3.8, 4) is 6.07 Å². The zero-order chi connectivity index (χ0) is 12.6. The molecule has 0 aromatic rings. The number of hydrogen-bond acceptors (Lipinski definition) is 6. The fraction of sp³-hybridized carbons (Fsp3) is 0.556. The lowest BCUT2D eigenvalue weighted by Gasteiger charge is -2.10. The SMILES string of the molecule is C/C(O)=C(\[N+]#N)C(=O)OCCN(C)CC#N. The number of likely N-dealkylation sites (N-methyl/N-ethyl adjacent to an activating group) is 1. The van der Waals surface area contributed by atoms with Gasteiger partial charge in [-0.3, -0.25) is 4.90 Å². The summed E-state index contributed by atoms with van der Waals surface area (Å²) >= 11 is 0. The number of hydrogen-bond donors (Lipinski definition) is 1. The Kier molecular flexibility index (Phi) is 6.25. The normalized spacial score (nSPS) is 11.3. The topological polar surface area (TPSA) is 102 Å². The lowest BCUT2D eigenvalue weighted by atomic mass is 10.4. The Morgan fingerprint density at radius 1 is 1.62 bits per heavy atom. The van der Waals surface area contributed by atoms with Crippen LogP contribution >= 0.6 is 0 Å². The lowest BCUT2D eigenvalue weighted by Crippen LogP contribution is -2.24. The monoisotopic (exact) mass is 225 g/mol. The van der Waals surface area contributed by atoms with Crippen LogP contribution in [0.2, 0.25) is 0 Å². The molecule has 0 bridgehead atoms. The molecule has 0 saturated carbocycles. The van der Waals surface area contributed by atoms with E-state index in [0.717, 1.165) is 0 Å². The van der Waals surface area contributed by atoms with Crippen LogP contribution in [0.4, 0.5) is 0 Å². The molecule has 0 unspecified atom stereocenters. The molecule has 16 heavy (non-hydrogen) atoms. The highest BCUT2D eigenvalue weighted by Crippen LogP contribution is 2.04. The number of esters is 1. The van der Waals surface area contributed by atoms with Crippen LogP contribution in [0.3, 0.4) is 0 Å². The molecule has 7 nitrogen and oxygen atoms in total. The number of rotatable bonds is 5. The highest BCUT2D eigenvalue weighted by molar-refractivity contribution is 5.90. The van der Waals surface area contributed by atoms with Crippen LogP contribution in [-0.4, -0.2) is 42.7 Å². The summed E-state index contributed by atoms with van der Waals surface area (Å²) in [5.41, 5.74) is -0.525. The van der Waals surface area contributed by atoms with Gasteiger partial charge < -0.3 is 9.84 Å². The maximum absolute atomic E-state index is 11.2. The third-order valence-electron chi connectivity index (χ3n) is 1.68.